The Bertz CT molecular complexity index is 774. The van der Waals surface area contributed by atoms with E-state index in [1.54, 1.807) is 24.4 Å². The molecule has 1 aliphatic rings. The Balaban J connectivity index is 1.38. The molecule has 1 aromatic carbocycles. The van der Waals surface area contributed by atoms with Gasteiger partial charge in [0.15, 0.2) is 5.78 Å². The zero-order valence-electron chi connectivity index (χ0n) is 15.2. The molecule has 1 amide bonds. The minimum atomic E-state index is -0.456. The van der Waals surface area contributed by atoms with E-state index in [1.807, 2.05) is 12.1 Å². The van der Waals surface area contributed by atoms with Crippen LogP contribution in [-0.2, 0) is 4.79 Å². The maximum Gasteiger partial charge on any atom is 0.228 e. The number of aromatic nitrogens is 1. The van der Waals surface area contributed by atoms with Crippen LogP contribution in [0.3, 0.4) is 0 Å². The van der Waals surface area contributed by atoms with E-state index in [1.165, 1.54) is 12.1 Å². The number of ketones is 1. The monoisotopic (exact) mass is 369 g/mol. The van der Waals surface area contributed by atoms with Crippen LogP contribution in [0.5, 0.6) is 0 Å². The average molecular weight is 369 g/mol. The van der Waals surface area contributed by atoms with Gasteiger partial charge in [-0.05, 0) is 63.2 Å². The summed E-state index contributed by atoms with van der Waals surface area (Å²) in [6.45, 7) is 2.44. The predicted molar refractivity (Wildman–Crippen MR) is 102 cm³/mol. The number of amides is 1. The molecule has 6 heteroatoms. The molecule has 0 spiro atoms. The Labute approximate surface area is 158 Å². The van der Waals surface area contributed by atoms with Crippen LogP contribution in [0, 0.1) is 11.7 Å². The SMILES string of the molecule is O=C(CCCN1CCC(C(=O)Nc2ccccn2)CC1)c1ccccc1F. The summed E-state index contributed by atoms with van der Waals surface area (Å²) in [6.07, 6.45) is 4.26. The number of carbonyl (C=O) groups is 2. The lowest BCUT2D eigenvalue weighted by Gasteiger charge is -2.31. The van der Waals surface area contributed by atoms with Crippen molar-refractivity contribution in [3.63, 3.8) is 0 Å². The van der Waals surface area contributed by atoms with Crippen molar-refractivity contribution in [2.45, 2.75) is 25.7 Å². The van der Waals surface area contributed by atoms with Gasteiger partial charge in [-0.1, -0.05) is 18.2 Å². The van der Waals surface area contributed by atoms with E-state index >= 15 is 0 Å². The fourth-order valence-corrected chi connectivity index (χ4v) is 3.37. The number of anilines is 1. The van der Waals surface area contributed by atoms with Gasteiger partial charge in [-0.25, -0.2) is 9.37 Å². The van der Waals surface area contributed by atoms with Crippen molar-refractivity contribution < 1.29 is 14.0 Å². The largest absolute Gasteiger partial charge is 0.310 e. The van der Waals surface area contributed by atoms with Gasteiger partial charge in [0.05, 0.1) is 5.56 Å². The summed E-state index contributed by atoms with van der Waals surface area (Å²) in [5.41, 5.74) is 0.169. The standard InChI is InChI=1S/C21H24FN3O2/c22-18-7-2-1-6-17(18)19(26)8-5-13-25-14-10-16(11-15-25)21(27)24-20-9-3-4-12-23-20/h1-4,6-7,9,12,16H,5,8,10-11,13-15H2,(H,23,24,27). The van der Waals surface area contributed by atoms with Crippen molar-refractivity contribution in [1.29, 1.82) is 0 Å². The van der Waals surface area contributed by atoms with Gasteiger partial charge in [0.25, 0.3) is 0 Å². The van der Waals surface area contributed by atoms with Gasteiger partial charge in [-0.15, -0.1) is 0 Å². The van der Waals surface area contributed by atoms with E-state index in [0.717, 1.165) is 32.5 Å². The molecule has 0 atom stereocenters. The molecule has 0 saturated carbocycles. The number of halogens is 1. The fourth-order valence-electron chi connectivity index (χ4n) is 3.37. The second-order valence-corrected chi connectivity index (χ2v) is 6.83. The van der Waals surface area contributed by atoms with E-state index in [0.29, 0.717) is 18.7 Å². The lowest BCUT2D eigenvalue weighted by Crippen LogP contribution is -2.38. The number of piperidine rings is 1. The number of carbonyl (C=O) groups excluding carboxylic acids is 2. The minimum Gasteiger partial charge on any atom is -0.310 e. The Kier molecular flexibility index (Phi) is 6.65. The molecule has 0 aliphatic carbocycles. The predicted octanol–water partition coefficient (Wildman–Crippen LogP) is 3.53. The van der Waals surface area contributed by atoms with Crippen molar-refractivity contribution in [1.82, 2.24) is 9.88 Å². The zero-order valence-corrected chi connectivity index (χ0v) is 15.2. The van der Waals surface area contributed by atoms with Crippen LogP contribution in [0.4, 0.5) is 10.2 Å². The van der Waals surface area contributed by atoms with Crippen molar-refractivity contribution in [2.75, 3.05) is 25.0 Å². The molecule has 2 aromatic rings. The summed E-state index contributed by atoms with van der Waals surface area (Å²) >= 11 is 0. The Morgan fingerprint density at radius 2 is 1.85 bits per heavy atom. The molecular weight excluding hydrogens is 345 g/mol. The van der Waals surface area contributed by atoms with Gasteiger partial charge in [0.2, 0.25) is 5.91 Å². The Morgan fingerprint density at radius 3 is 2.56 bits per heavy atom. The fraction of sp³-hybridized carbons (Fsp3) is 0.381. The van der Waals surface area contributed by atoms with Crippen LogP contribution in [0.25, 0.3) is 0 Å². The van der Waals surface area contributed by atoms with Crippen LogP contribution >= 0.6 is 0 Å². The third-order valence-electron chi connectivity index (χ3n) is 4.93. The Hall–Kier alpha value is -2.60. The molecule has 1 fully saturated rings. The summed E-state index contributed by atoms with van der Waals surface area (Å²) in [5.74, 6) is -0.0251. The lowest BCUT2D eigenvalue weighted by molar-refractivity contribution is -0.121. The number of nitrogens with zero attached hydrogens (tertiary/aromatic N) is 2. The first-order valence-electron chi connectivity index (χ1n) is 9.35. The quantitative estimate of drug-likeness (QED) is 0.759. The molecule has 0 bridgehead atoms. The molecule has 1 aromatic heterocycles. The highest BCUT2D eigenvalue weighted by molar-refractivity contribution is 5.96. The van der Waals surface area contributed by atoms with Crippen LogP contribution in [0.15, 0.2) is 48.7 Å². The first-order valence-corrected chi connectivity index (χ1v) is 9.35. The normalized spacial score (nSPS) is 15.4. The first kappa shape index (κ1) is 19.2. The van der Waals surface area contributed by atoms with Gasteiger partial charge < -0.3 is 10.2 Å². The second kappa shape index (κ2) is 9.37. The highest BCUT2D eigenvalue weighted by Crippen LogP contribution is 2.19. The summed E-state index contributed by atoms with van der Waals surface area (Å²) < 4.78 is 13.6. The van der Waals surface area contributed by atoms with Gasteiger partial charge in [-0.2, -0.15) is 0 Å². The summed E-state index contributed by atoms with van der Waals surface area (Å²) in [4.78, 5) is 30.8. The van der Waals surface area contributed by atoms with Crippen LogP contribution in [0.1, 0.15) is 36.0 Å². The highest BCUT2D eigenvalue weighted by Gasteiger charge is 2.25. The molecule has 0 radical (unpaired) electrons. The van der Waals surface area contributed by atoms with Gasteiger partial charge in [0.1, 0.15) is 11.6 Å². The number of Topliss-reactive ketones (excluding diaryl/α,β-unsaturated/α-hetero) is 1. The number of benzene rings is 1. The van der Waals surface area contributed by atoms with Crippen LogP contribution < -0.4 is 5.32 Å². The van der Waals surface area contributed by atoms with E-state index in [-0.39, 0.29) is 23.2 Å². The first-order chi connectivity index (χ1) is 13.1. The van der Waals surface area contributed by atoms with Crippen molar-refractivity contribution in [3.05, 3.63) is 60.0 Å². The highest BCUT2D eigenvalue weighted by atomic mass is 19.1. The molecule has 142 valence electrons. The number of likely N-dealkylation sites (tertiary alicyclic amines) is 1. The lowest BCUT2D eigenvalue weighted by atomic mass is 9.95. The Morgan fingerprint density at radius 1 is 1.11 bits per heavy atom. The summed E-state index contributed by atoms with van der Waals surface area (Å²) in [7, 11) is 0. The van der Waals surface area contributed by atoms with Crippen molar-refractivity contribution in [2.24, 2.45) is 5.92 Å². The number of hydrogen-bond donors (Lipinski definition) is 1. The van der Waals surface area contributed by atoms with Crippen molar-refractivity contribution >= 4 is 17.5 Å². The topological polar surface area (TPSA) is 62.3 Å². The van der Waals surface area contributed by atoms with E-state index in [2.05, 4.69) is 15.2 Å². The summed E-state index contributed by atoms with van der Waals surface area (Å²) in [5, 5.41) is 2.86. The van der Waals surface area contributed by atoms with E-state index < -0.39 is 5.82 Å². The average Bonchev–Trinajstić information content (AvgIpc) is 2.69. The minimum absolute atomic E-state index is 0.0108. The van der Waals surface area contributed by atoms with E-state index in [9.17, 15) is 14.0 Å². The molecule has 27 heavy (non-hydrogen) atoms. The maximum atomic E-state index is 13.6. The molecule has 0 unspecified atom stereocenters. The zero-order chi connectivity index (χ0) is 19.1. The van der Waals surface area contributed by atoms with Gasteiger partial charge in [-0.3, -0.25) is 9.59 Å². The van der Waals surface area contributed by atoms with Gasteiger partial charge >= 0.3 is 0 Å². The molecule has 1 N–H and O–H groups in total. The molecule has 5 nitrogen and oxygen atoms in total. The van der Waals surface area contributed by atoms with Crippen molar-refractivity contribution in [3.8, 4) is 0 Å². The number of pyridine rings is 1. The van der Waals surface area contributed by atoms with Crippen LogP contribution in [0.2, 0.25) is 0 Å². The maximum absolute atomic E-state index is 13.6. The molecule has 1 aliphatic heterocycles. The molecular formula is C21H24FN3O2. The number of rotatable bonds is 7. The van der Waals surface area contributed by atoms with Gasteiger partial charge in [0, 0.05) is 18.5 Å². The smallest absolute Gasteiger partial charge is 0.228 e. The molecule has 2 heterocycles. The molecule has 3 rings (SSSR count). The summed E-state index contributed by atoms with van der Waals surface area (Å²) in [6, 6.07) is 11.5. The van der Waals surface area contributed by atoms with Crippen LogP contribution in [-0.4, -0.2) is 41.2 Å². The van der Waals surface area contributed by atoms with E-state index in [4.69, 9.17) is 0 Å². The third-order valence-corrected chi connectivity index (χ3v) is 4.93. The second-order valence-electron chi connectivity index (χ2n) is 6.83. The number of nitrogens with one attached hydrogen (secondary N) is 1. The molecule has 1 saturated heterocycles. The number of hydrogen-bond acceptors (Lipinski definition) is 4. The third kappa shape index (κ3) is 5.44.